The van der Waals surface area contributed by atoms with E-state index in [4.69, 9.17) is 14.2 Å². The molecule has 0 aromatic rings. The van der Waals surface area contributed by atoms with Gasteiger partial charge in [0.25, 0.3) is 0 Å². The van der Waals surface area contributed by atoms with Gasteiger partial charge in [0.1, 0.15) is 6.10 Å². The zero-order valence-corrected chi connectivity index (χ0v) is 11.7. The van der Waals surface area contributed by atoms with Gasteiger partial charge in [-0.2, -0.15) is 12.6 Å². The van der Waals surface area contributed by atoms with Crippen LogP contribution in [0.25, 0.3) is 0 Å². The van der Waals surface area contributed by atoms with Crippen molar-refractivity contribution in [1.29, 1.82) is 0 Å². The fourth-order valence-electron chi connectivity index (χ4n) is 1.27. The average molecular weight is 264 g/mol. The van der Waals surface area contributed by atoms with Crippen LogP contribution in [0.5, 0.6) is 0 Å². The van der Waals surface area contributed by atoms with E-state index in [1.54, 1.807) is 14.0 Å². The van der Waals surface area contributed by atoms with Crippen molar-refractivity contribution in [2.45, 2.75) is 38.7 Å². The molecular weight excluding hydrogens is 240 g/mol. The number of esters is 1. The molecule has 17 heavy (non-hydrogen) atoms. The standard InChI is InChI=1S/C7H14O3S.C5H10O/c1-3-7(8)10-6(5-11)4-9-2;1-2-4-6-5-3-1/h6,11H,3-5H2,1-2H3;1-5H2. The molecule has 1 fully saturated rings. The lowest BCUT2D eigenvalue weighted by Crippen LogP contribution is -2.24. The Morgan fingerprint density at radius 1 is 1.35 bits per heavy atom. The van der Waals surface area contributed by atoms with Crippen molar-refractivity contribution in [2.24, 2.45) is 0 Å². The van der Waals surface area contributed by atoms with Crippen LogP contribution in [0.3, 0.4) is 0 Å². The first kappa shape index (κ1) is 16.7. The third kappa shape index (κ3) is 10.6. The van der Waals surface area contributed by atoms with E-state index < -0.39 is 0 Å². The number of thiol groups is 1. The molecule has 1 aliphatic heterocycles. The minimum absolute atomic E-state index is 0.207. The van der Waals surface area contributed by atoms with E-state index in [1.807, 2.05) is 0 Å². The molecule has 1 aliphatic rings. The first-order valence-electron chi connectivity index (χ1n) is 6.11. The number of carbonyl (C=O) groups excluding carboxylic acids is 1. The van der Waals surface area contributed by atoms with Crippen molar-refractivity contribution in [3.63, 3.8) is 0 Å². The zero-order chi connectivity index (χ0) is 12.9. The van der Waals surface area contributed by atoms with Crippen LogP contribution in [0, 0.1) is 0 Å². The Kier molecular flexibility index (Phi) is 12.0. The molecule has 1 unspecified atom stereocenters. The van der Waals surface area contributed by atoms with E-state index >= 15 is 0 Å². The van der Waals surface area contributed by atoms with E-state index in [0.717, 1.165) is 13.2 Å². The van der Waals surface area contributed by atoms with Gasteiger partial charge < -0.3 is 14.2 Å². The topological polar surface area (TPSA) is 44.8 Å². The molecule has 1 atom stereocenters. The summed E-state index contributed by atoms with van der Waals surface area (Å²) >= 11 is 4.01. The zero-order valence-electron chi connectivity index (χ0n) is 10.8. The maximum Gasteiger partial charge on any atom is 0.305 e. The van der Waals surface area contributed by atoms with E-state index in [1.165, 1.54) is 19.3 Å². The van der Waals surface area contributed by atoms with Crippen LogP contribution in [0.4, 0.5) is 0 Å². The van der Waals surface area contributed by atoms with Gasteiger partial charge in [-0.05, 0) is 19.3 Å². The van der Waals surface area contributed by atoms with E-state index in [2.05, 4.69) is 12.6 Å². The lowest BCUT2D eigenvalue weighted by atomic mass is 10.2. The maximum absolute atomic E-state index is 10.7. The minimum atomic E-state index is -0.212. The van der Waals surface area contributed by atoms with Gasteiger partial charge in [0.05, 0.1) is 6.61 Å². The molecule has 0 N–H and O–H groups in total. The van der Waals surface area contributed by atoms with E-state index in [9.17, 15) is 4.79 Å². The summed E-state index contributed by atoms with van der Waals surface area (Å²) in [7, 11) is 1.57. The molecule has 102 valence electrons. The van der Waals surface area contributed by atoms with Gasteiger partial charge in [-0.25, -0.2) is 0 Å². The van der Waals surface area contributed by atoms with E-state index in [0.29, 0.717) is 18.8 Å². The highest BCUT2D eigenvalue weighted by molar-refractivity contribution is 7.80. The van der Waals surface area contributed by atoms with Crippen LogP contribution < -0.4 is 0 Å². The van der Waals surface area contributed by atoms with Gasteiger partial charge in [0, 0.05) is 32.5 Å². The Balaban J connectivity index is 0.000000354. The Bertz CT molecular complexity index is 172. The van der Waals surface area contributed by atoms with Crippen molar-refractivity contribution in [2.75, 3.05) is 32.7 Å². The van der Waals surface area contributed by atoms with Crippen LogP contribution in [-0.2, 0) is 19.0 Å². The molecule has 0 aromatic heterocycles. The molecule has 4 nitrogen and oxygen atoms in total. The molecule has 0 aromatic carbocycles. The Morgan fingerprint density at radius 3 is 2.29 bits per heavy atom. The fourth-order valence-corrected chi connectivity index (χ4v) is 1.45. The van der Waals surface area contributed by atoms with E-state index in [-0.39, 0.29) is 12.1 Å². The monoisotopic (exact) mass is 264 g/mol. The number of methoxy groups -OCH3 is 1. The molecule has 0 radical (unpaired) electrons. The number of ether oxygens (including phenoxy) is 3. The predicted molar refractivity (Wildman–Crippen MR) is 70.6 cm³/mol. The van der Waals surface area contributed by atoms with Crippen LogP contribution >= 0.6 is 12.6 Å². The van der Waals surface area contributed by atoms with Crippen molar-refractivity contribution in [3.8, 4) is 0 Å². The molecule has 0 aliphatic carbocycles. The molecule has 5 heteroatoms. The first-order valence-corrected chi connectivity index (χ1v) is 6.74. The Morgan fingerprint density at radius 2 is 2.00 bits per heavy atom. The van der Waals surface area contributed by atoms with Crippen LogP contribution in [-0.4, -0.2) is 44.8 Å². The summed E-state index contributed by atoms with van der Waals surface area (Å²) in [5.74, 6) is 0.292. The van der Waals surface area contributed by atoms with Gasteiger partial charge in [0.2, 0.25) is 0 Å². The lowest BCUT2D eigenvalue weighted by molar-refractivity contribution is -0.149. The summed E-state index contributed by atoms with van der Waals surface area (Å²) in [5, 5.41) is 0. The van der Waals surface area contributed by atoms with Crippen molar-refractivity contribution in [3.05, 3.63) is 0 Å². The number of rotatable bonds is 5. The summed E-state index contributed by atoms with van der Waals surface area (Å²) in [6, 6.07) is 0. The second kappa shape index (κ2) is 12.2. The van der Waals surface area contributed by atoms with Crippen LogP contribution in [0.15, 0.2) is 0 Å². The smallest absolute Gasteiger partial charge is 0.305 e. The maximum atomic E-state index is 10.7. The highest BCUT2D eigenvalue weighted by atomic mass is 32.1. The molecule has 1 heterocycles. The molecular formula is C12H24O4S. The SMILES string of the molecule is C1CCOCC1.CCC(=O)OC(CS)COC. The number of hydrogen-bond acceptors (Lipinski definition) is 5. The van der Waals surface area contributed by atoms with Gasteiger partial charge in [0.15, 0.2) is 0 Å². The minimum Gasteiger partial charge on any atom is -0.459 e. The van der Waals surface area contributed by atoms with Crippen LogP contribution in [0.1, 0.15) is 32.6 Å². The second-order valence-electron chi connectivity index (χ2n) is 3.78. The van der Waals surface area contributed by atoms with Gasteiger partial charge in [-0.1, -0.05) is 6.92 Å². The summed E-state index contributed by atoms with van der Waals surface area (Å²) in [6.45, 7) is 4.17. The molecule has 0 bridgehead atoms. The third-order valence-corrected chi connectivity index (χ3v) is 2.63. The molecule has 1 saturated heterocycles. The molecule has 0 saturated carbocycles. The predicted octanol–water partition coefficient (Wildman–Crippen LogP) is 2.07. The molecule has 0 amide bonds. The summed E-state index contributed by atoms with van der Waals surface area (Å²) in [6.07, 6.45) is 4.12. The molecule has 0 spiro atoms. The first-order chi connectivity index (χ1) is 8.24. The molecule has 1 rings (SSSR count). The average Bonchev–Trinajstić information content (AvgIpc) is 2.40. The van der Waals surface area contributed by atoms with Gasteiger partial charge in [-0.3, -0.25) is 4.79 Å². The number of carbonyl (C=O) groups is 1. The van der Waals surface area contributed by atoms with Crippen molar-refractivity contribution >= 4 is 18.6 Å². The largest absolute Gasteiger partial charge is 0.459 e. The van der Waals surface area contributed by atoms with Crippen molar-refractivity contribution < 1.29 is 19.0 Å². The normalized spacial score (nSPS) is 16.6. The highest BCUT2D eigenvalue weighted by Crippen LogP contribution is 2.02. The highest BCUT2D eigenvalue weighted by Gasteiger charge is 2.10. The summed E-state index contributed by atoms with van der Waals surface area (Å²) in [5.41, 5.74) is 0. The van der Waals surface area contributed by atoms with Crippen LogP contribution in [0.2, 0.25) is 0 Å². The summed E-state index contributed by atoms with van der Waals surface area (Å²) in [4.78, 5) is 10.7. The lowest BCUT2D eigenvalue weighted by Gasteiger charge is -2.13. The van der Waals surface area contributed by atoms with Gasteiger partial charge in [-0.15, -0.1) is 0 Å². The number of hydrogen-bond donors (Lipinski definition) is 1. The van der Waals surface area contributed by atoms with Gasteiger partial charge >= 0.3 is 5.97 Å². The second-order valence-corrected chi connectivity index (χ2v) is 4.14. The third-order valence-electron chi connectivity index (χ3n) is 2.22. The van der Waals surface area contributed by atoms with Crippen molar-refractivity contribution in [1.82, 2.24) is 0 Å². The fraction of sp³-hybridized carbons (Fsp3) is 0.917. The summed E-state index contributed by atoms with van der Waals surface area (Å²) < 4.78 is 14.8. The quantitative estimate of drug-likeness (QED) is 0.610. The Hall–Kier alpha value is -0.260. The Labute approximate surface area is 109 Å².